The largest absolute Gasteiger partial charge is 0.351 e. The van der Waals surface area contributed by atoms with Crippen molar-refractivity contribution in [1.82, 2.24) is 19.7 Å². The zero-order valence-electron chi connectivity index (χ0n) is 16.0. The second-order valence-corrected chi connectivity index (χ2v) is 7.71. The quantitative estimate of drug-likeness (QED) is 0.843. The van der Waals surface area contributed by atoms with Crippen molar-refractivity contribution in [2.75, 3.05) is 5.32 Å². The van der Waals surface area contributed by atoms with Gasteiger partial charge in [-0.05, 0) is 50.0 Å². The van der Waals surface area contributed by atoms with Crippen LogP contribution >= 0.6 is 0 Å². The second kappa shape index (κ2) is 7.98. The predicted octanol–water partition coefficient (Wildman–Crippen LogP) is 4.46. The molecule has 2 aromatic rings. The molecule has 0 aliphatic heterocycles. The number of nitrogens with zero attached hydrogens (tertiary/aromatic N) is 4. The molecule has 1 atom stereocenters. The molecule has 1 saturated carbocycles. The highest BCUT2D eigenvalue weighted by atomic mass is 15.3. The van der Waals surface area contributed by atoms with Gasteiger partial charge in [0.2, 0.25) is 5.95 Å². The molecule has 1 unspecified atom stereocenters. The van der Waals surface area contributed by atoms with Crippen LogP contribution in [0.1, 0.15) is 58.6 Å². The van der Waals surface area contributed by atoms with Gasteiger partial charge in [-0.3, -0.25) is 4.68 Å². The molecular weight excluding hydrogens is 310 g/mol. The van der Waals surface area contributed by atoms with Crippen molar-refractivity contribution >= 4 is 5.95 Å². The lowest BCUT2D eigenvalue weighted by Gasteiger charge is -2.26. The lowest BCUT2D eigenvalue weighted by Crippen LogP contribution is -2.26. The van der Waals surface area contributed by atoms with Gasteiger partial charge < -0.3 is 5.32 Å². The summed E-state index contributed by atoms with van der Waals surface area (Å²) in [6.07, 6.45) is 11.0. The Balaban J connectivity index is 1.77. The molecule has 1 fully saturated rings. The van der Waals surface area contributed by atoms with Gasteiger partial charge in [-0.25, -0.2) is 9.97 Å². The van der Waals surface area contributed by atoms with Crippen LogP contribution in [0.4, 0.5) is 5.95 Å². The van der Waals surface area contributed by atoms with Crippen LogP contribution in [0.25, 0.3) is 11.3 Å². The third-order valence-electron chi connectivity index (χ3n) is 5.58. The highest BCUT2D eigenvalue weighted by Gasteiger charge is 2.19. The van der Waals surface area contributed by atoms with Crippen molar-refractivity contribution < 1.29 is 0 Å². The Morgan fingerprint density at radius 2 is 2.04 bits per heavy atom. The SMILES string of the molecule is CCC(C)Cc1c(-c2ccnc(NC3CCC(C)CC3)n2)cnn1C. The Morgan fingerprint density at radius 1 is 1.28 bits per heavy atom. The van der Waals surface area contributed by atoms with Crippen LogP contribution in [-0.4, -0.2) is 25.8 Å². The van der Waals surface area contributed by atoms with E-state index in [1.54, 1.807) is 0 Å². The maximum atomic E-state index is 4.79. The lowest BCUT2D eigenvalue weighted by molar-refractivity contribution is 0.360. The van der Waals surface area contributed by atoms with Crippen LogP contribution in [0.15, 0.2) is 18.5 Å². The Hall–Kier alpha value is -1.91. The molecular formula is C20H31N5. The Morgan fingerprint density at radius 3 is 2.76 bits per heavy atom. The van der Waals surface area contributed by atoms with Gasteiger partial charge in [0.1, 0.15) is 0 Å². The number of hydrogen-bond donors (Lipinski definition) is 1. The summed E-state index contributed by atoms with van der Waals surface area (Å²) in [5.41, 5.74) is 3.35. The smallest absolute Gasteiger partial charge is 0.223 e. The molecule has 0 saturated heterocycles. The summed E-state index contributed by atoms with van der Waals surface area (Å²) in [6.45, 7) is 6.86. The normalized spacial score (nSPS) is 21.9. The van der Waals surface area contributed by atoms with Crippen molar-refractivity contribution in [2.24, 2.45) is 18.9 Å². The molecule has 0 bridgehead atoms. The first kappa shape index (κ1) is 17.9. The number of aromatic nitrogens is 4. The number of aryl methyl sites for hydroxylation is 1. The zero-order valence-corrected chi connectivity index (χ0v) is 16.0. The van der Waals surface area contributed by atoms with E-state index in [9.17, 15) is 0 Å². The van der Waals surface area contributed by atoms with Gasteiger partial charge in [-0.1, -0.05) is 27.2 Å². The Labute approximate surface area is 151 Å². The monoisotopic (exact) mass is 341 g/mol. The van der Waals surface area contributed by atoms with Gasteiger partial charge in [0.05, 0.1) is 11.9 Å². The van der Waals surface area contributed by atoms with Gasteiger partial charge in [-0.2, -0.15) is 5.10 Å². The third kappa shape index (κ3) is 4.39. The molecule has 0 radical (unpaired) electrons. The van der Waals surface area contributed by atoms with Crippen LogP contribution in [0.3, 0.4) is 0 Å². The first-order chi connectivity index (χ1) is 12.1. The molecule has 1 aliphatic rings. The summed E-state index contributed by atoms with van der Waals surface area (Å²) in [7, 11) is 2.02. The fourth-order valence-corrected chi connectivity index (χ4v) is 3.56. The molecule has 0 amide bonds. The molecule has 2 aromatic heterocycles. The van der Waals surface area contributed by atoms with Crippen molar-refractivity contribution in [3.05, 3.63) is 24.2 Å². The van der Waals surface area contributed by atoms with E-state index in [1.807, 2.05) is 30.2 Å². The van der Waals surface area contributed by atoms with Crippen molar-refractivity contribution in [3.63, 3.8) is 0 Å². The first-order valence-electron chi connectivity index (χ1n) is 9.67. The van der Waals surface area contributed by atoms with E-state index in [0.717, 1.165) is 29.5 Å². The van der Waals surface area contributed by atoms with Crippen molar-refractivity contribution in [3.8, 4) is 11.3 Å². The Bertz CT molecular complexity index is 685. The summed E-state index contributed by atoms with van der Waals surface area (Å²) in [6, 6.07) is 2.49. The van der Waals surface area contributed by atoms with E-state index >= 15 is 0 Å². The highest BCUT2D eigenvalue weighted by Crippen LogP contribution is 2.27. The van der Waals surface area contributed by atoms with Crippen molar-refractivity contribution in [2.45, 2.75) is 65.3 Å². The minimum absolute atomic E-state index is 0.500. The van der Waals surface area contributed by atoms with E-state index in [2.05, 4.69) is 36.2 Å². The van der Waals surface area contributed by atoms with Crippen LogP contribution in [0, 0.1) is 11.8 Å². The summed E-state index contributed by atoms with van der Waals surface area (Å²) in [5, 5.41) is 8.01. The van der Waals surface area contributed by atoms with Crippen LogP contribution in [-0.2, 0) is 13.5 Å². The summed E-state index contributed by atoms with van der Waals surface area (Å²) in [4.78, 5) is 9.23. The summed E-state index contributed by atoms with van der Waals surface area (Å²) >= 11 is 0. The summed E-state index contributed by atoms with van der Waals surface area (Å²) < 4.78 is 1.99. The van der Waals surface area contributed by atoms with Gasteiger partial charge >= 0.3 is 0 Å². The molecule has 1 aliphatic carbocycles. The average molecular weight is 342 g/mol. The van der Waals surface area contributed by atoms with E-state index < -0.39 is 0 Å². The highest BCUT2D eigenvalue weighted by molar-refractivity contribution is 5.62. The first-order valence-corrected chi connectivity index (χ1v) is 9.67. The molecule has 5 nitrogen and oxygen atoms in total. The zero-order chi connectivity index (χ0) is 17.8. The third-order valence-corrected chi connectivity index (χ3v) is 5.58. The van der Waals surface area contributed by atoms with Crippen LogP contribution in [0.2, 0.25) is 0 Å². The van der Waals surface area contributed by atoms with Crippen LogP contribution < -0.4 is 5.32 Å². The van der Waals surface area contributed by atoms with Crippen LogP contribution in [0.5, 0.6) is 0 Å². The standard InChI is InChI=1S/C20H31N5/c1-5-14(2)12-19-17(13-22-25(19)4)18-10-11-21-20(24-18)23-16-8-6-15(3)7-9-16/h10-11,13-16H,5-9,12H2,1-4H3,(H,21,23,24). The number of rotatable bonds is 6. The molecule has 25 heavy (non-hydrogen) atoms. The fourth-order valence-electron chi connectivity index (χ4n) is 3.56. The summed E-state index contributed by atoms with van der Waals surface area (Å²) in [5.74, 6) is 2.23. The number of nitrogens with one attached hydrogen (secondary N) is 1. The molecule has 0 aromatic carbocycles. The molecule has 0 spiro atoms. The molecule has 3 rings (SSSR count). The van der Waals surface area contributed by atoms with Crippen molar-refractivity contribution in [1.29, 1.82) is 0 Å². The maximum Gasteiger partial charge on any atom is 0.223 e. The lowest BCUT2D eigenvalue weighted by atomic mass is 9.87. The fraction of sp³-hybridized carbons (Fsp3) is 0.650. The number of anilines is 1. The second-order valence-electron chi connectivity index (χ2n) is 7.71. The van der Waals surface area contributed by atoms with Gasteiger partial charge in [0.25, 0.3) is 0 Å². The van der Waals surface area contributed by atoms with Gasteiger partial charge in [0, 0.05) is 30.5 Å². The molecule has 1 N–H and O–H groups in total. The number of hydrogen-bond acceptors (Lipinski definition) is 4. The molecule has 5 heteroatoms. The van der Waals surface area contributed by atoms with E-state index in [4.69, 9.17) is 4.98 Å². The van der Waals surface area contributed by atoms with Gasteiger partial charge in [0.15, 0.2) is 0 Å². The minimum atomic E-state index is 0.500. The molecule has 2 heterocycles. The molecule has 136 valence electrons. The van der Waals surface area contributed by atoms with Gasteiger partial charge in [-0.15, -0.1) is 0 Å². The minimum Gasteiger partial charge on any atom is -0.351 e. The average Bonchev–Trinajstić information content (AvgIpc) is 2.98. The topological polar surface area (TPSA) is 55.6 Å². The van der Waals surface area contributed by atoms with E-state index in [0.29, 0.717) is 12.0 Å². The van der Waals surface area contributed by atoms with E-state index in [1.165, 1.54) is 37.8 Å². The Kier molecular flexibility index (Phi) is 5.71. The van der Waals surface area contributed by atoms with E-state index in [-0.39, 0.29) is 0 Å². The maximum absolute atomic E-state index is 4.79. The predicted molar refractivity (Wildman–Crippen MR) is 102 cm³/mol.